The third-order valence-corrected chi connectivity index (χ3v) is 18.6. The van der Waals surface area contributed by atoms with Crippen LogP contribution in [-0.2, 0) is 60.8 Å². The number of aliphatic carboxylic acids is 1. The number of hydrogen-bond donors (Lipinski definition) is 20. The number of aliphatic imine (C=N–C) groups is 3. The van der Waals surface area contributed by atoms with E-state index in [1.54, 1.807) is 0 Å². The molecule has 29 N–H and O–H groups in total. The van der Waals surface area contributed by atoms with Crippen LogP contribution in [0.15, 0.2) is 81.7 Å². The van der Waals surface area contributed by atoms with Gasteiger partial charge < -0.3 is 115 Å². The number of guanidine groups is 3. The number of hydrogen-bond acceptors (Lipinski definition) is 19. The van der Waals surface area contributed by atoms with Crippen molar-refractivity contribution in [1.82, 2.24) is 52.8 Å². The number of carbonyl (C=O) groups excluding carboxylic acids is 10. The number of phenols is 1. The summed E-state index contributed by atoms with van der Waals surface area (Å²) in [7, 11) is 1.76. The molecule has 2 aliphatic heterocycles. The average Bonchev–Trinajstić information content (AvgIpc) is 1.50. The largest absolute Gasteiger partial charge is 0.508 e. The highest BCUT2D eigenvalue weighted by molar-refractivity contribution is 8.76. The number of phenolic OH excluding ortho intramolecular Hbond substituents is 1. The summed E-state index contributed by atoms with van der Waals surface area (Å²) in [5.74, 6) is -10.9. The monoisotopic (exact) mass is 1430 g/mol. The fourth-order valence-electron chi connectivity index (χ4n) is 10.9. The average molecular weight is 1430 g/mol. The maximum absolute atomic E-state index is 15.2. The second-order valence-electron chi connectivity index (χ2n) is 24.0. The quantitative estimate of drug-likeness (QED) is 0.0119. The van der Waals surface area contributed by atoms with Gasteiger partial charge in [-0.25, -0.2) is 9.59 Å². The Balaban J connectivity index is 1.58. The number of rotatable bonds is 33. The third-order valence-electron chi connectivity index (χ3n) is 16.2. The predicted octanol–water partition coefficient (Wildman–Crippen LogP) is -4.25. The SMILES string of the molecule is NCCCC[C@H]1NC(=O)[C@H](Cc2ccc(O)cc2)NC(=O)[C@@H](NC(=O)[C@H](CCCN=C(N)N)NC(=O)[C@H](CCCN=C(N)N)NC(=O)[C@@H](N)Cc2ccc3ccccc3c2)CSSC[C@@H](C(=O)N[C@@H](CCCN=C(N)N)C(=O)O)NC(=O)[C@H](CCCNC(N)=O)NC(=O)[C@@H]2CCCN2C1=O. The van der Waals surface area contributed by atoms with Crippen LogP contribution in [0, 0.1) is 0 Å². The van der Waals surface area contributed by atoms with Gasteiger partial charge >= 0.3 is 12.0 Å². The fraction of sp³-hybridized carbons (Fsp3) is 0.524. The number of nitrogens with zero attached hydrogens (tertiary/aromatic N) is 4. The van der Waals surface area contributed by atoms with Crippen molar-refractivity contribution in [3.63, 3.8) is 0 Å². The number of carboxylic acid groups (broad SMARTS) is 1. The minimum Gasteiger partial charge on any atom is -0.508 e. The summed E-state index contributed by atoms with van der Waals surface area (Å²) in [6.45, 7) is 0.190. The second kappa shape index (κ2) is 42.2. The first-order chi connectivity index (χ1) is 47.7. The number of benzene rings is 3. The van der Waals surface area contributed by atoms with Crippen LogP contribution in [0.4, 0.5) is 4.79 Å². The lowest BCUT2D eigenvalue weighted by molar-refractivity contribution is -0.143. The number of nitrogens with one attached hydrogen (secondary N) is 9. The van der Waals surface area contributed by atoms with Crippen molar-refractivity contribution in [3.05, 3.63) is 77.9 Å². The van der Waals surface area contributed by atoms with E-state index in [4.69, 9.17) is 51.6 Å². The summed E-state index contributed by atoms with van der Waals surface area (Å²) in [6.07, 6.45) is 0.716. The number of aromatic hydroxyl groups is 1. The Morgan fingerprint density at radius 1 is 0.600 bits per heavy atom. The van der Waals surface area contributed by atoms with Crippen molar-refractivity contribution in [2.24, 2.45) is 66.6 Å². The molecule has 2 heterocycles. The molecule has 11 amide bonds. The van der Waals surface area contributed by atoms with Gasteiger partial charge in [0.25, 0.3) is 0 Å². The van der Waals surface area contributed by atoms with Crippen LogP contribution in [0.2, 0.25) is 0 Å². The Hall–Kier alpha value is -9.88. The van der Waals surface area contributed by atoms with Gasteiger partial charge in [-0.2, -0.15) is 0 Å². The molecule has 2 saturated heterocycles. The van der Waals surface area contributed by atoms with Gasteiger partial charge in [0.2, 0.25) is 53.2 Å². The number of amides is 11. The van der Waals surface area contributed by atoms with Crippen molar-refractivity contribution in [2.75, 3.05) is 50.8 Å². The summed E-state index contributed by atoms with van der Waals surface area (Å²) < 4.78 is 0. The first kappa shape index (κ1) is 80.8. The number of primary amides is 1. The molecule has 0 radical (unpaired) electrons. The van der Waals surface area contributed by atoms with Crippen molar-refractivity contribution in [2.45, 2.75) is 157 Å². The van der Waals surface area contributed by atoms with Crippen LogP contribution in [0.1, 0.15) is 94.6 Å². The highest BCUT2D eigenvalue weighted by Crippen LogP contribution is 2.26. The lowest BCUT2D eigenvalue weighted by Gasteiger charge is -2.31. The summed E-state index contributed by atoms with van der Waals surface area (Å²) in [5, 5.41) is 46.3. The molecule has 0 aromatic heterocycles. The molecular weight excluding hydrogens is 1340 g/mol. The van der Waals surface area contributed by atoms with E-state index in [0.29, 0.717) is 24.8 Å². The van der Waals surface area contributed by atoms with Gasteiger partial charge in [-0.3, -0.25) is 58.1 Å². The highest BCUT2D eigenvalue weighted by Gasteiger charge is 2.41. The Bertz CT molecular complexity index is 3370. The Kier molecular flexibility index (Phi) is 34.1. The van der Waals surface area contributed by atoms with E-state index in [9.17, 15) is 53.4 Å². The smallest absolute Gasteiger partial charge is 0.326 e. The molecule has 0 aliphatic carbocycles. The van der Waals surface area contributed by atoms with Crippen LogP contribution < -0.4 is 99.5 Å². The molecule has 2 aliphatic rings. The Morgan fingerprint density at radius 2 is 1.16 bits per heavy atom. The molecule has 0 bridgehead atoms. The molecule has 10 atom stereocenters. The van der Waals surface area contributed by atoms with Crippen molar-refractivity contribution in [1.29, 1.82) is 0 Å². The van der Waals surface area contributed by atoms with Crippen LogP contribution >= 0.6 is 21.6 Å². The van der Waals surface area contributed by atoms with Crippen molar-refractivity contribution < 1.29 is 63.0 Å². The van der Waals surface area contributed by atoms with Gasteiger partial charge in [0.15, 0.2) is 17.9 Å². The van der Waals surface area contributed by atoms with Gasteiger partial charge in [-0.05, 0) is 130 Å². The molecule has 35 nitrogen and oxygen atoms in total. The summed E-state index contributed by atoms with van der Waals surface area (Å²) in [6, 6.07) is 3.68. The van der Waals surface area contributed by atoms with E-state index in [2.05, 4.69) is 62.8 Å². The zero-order valence-corrected chi connectivity index (χ0v) is 57.2. The molecule has 0 saturated carbocycles. The van der Waals surface area contributed by atoms with E-state index in [0.717, 1.165) is 37.9 Å². The zero-order chi connectivity index (χ0) is 73.3. The maximum Gasteiger partial charge on any atom is 0.326 e. The summed E-state index contributed by atoms with van der Waals surface area (Å²) in [5.41, 5.74) is 52.2. The van der Waals surface area contributed by atoms with E-state index in [-0.39, 0.29) is 146 Å². The number of nitrogens with two attached hydrogens (primary N) is 9. The topological polar surface area (TPSA) is 611 Å². The van der Waals surface area contributed by atoms with E-state index in [1.807, 2.05) is 42.5 Å². The van der Waals surface area contributed by atoms with Crippen LogP contribution in [0.25, 0.3) is 10.8 Å². The first-order valence-electron chi connectivity index (χ1n) is 32.8. The van der Waals surface area contributed by atoms with Gasteiger partial charge in [-0.15, -0.1) is 0 Å². The van der Waals surface area contributed by atoms with Crippen LogP contribution in [0.3, 0.4) is 0 Å². The normalized spacial score (nSPS) is 19.8. The summed E-state index contributed by atoms with van der Waals surface area (Å²) in [4.78, 5) is 170. The minimum absolute atomic E-state index is 0.00172. The predicted molar refractivity (Wildman–Crippen MR) is 380 cm³/mol. The number of carboxylic acids is 1. The first-order valence-corrected chi connectivity index (χ1v) is 35.3. The Morgan fingerprint density at radius 3 is 1.78 bits per heavy atom. The van der Waals surface area contributed by atoms with Gasteiger partial charge in [0.1, 0.15) is 60.1 Å². The minimum atomic E-state index is -1.66. The molecule has 0 unspecified atom stereocenters. The van der Waals surface area contributed by atoms with Crippen molar-refractivity contribution in [3.8, 4) is 5.75 Å². The van der Waals surface area contributed by atoms with E-state index < -0.39 is 131 Å². The molecule has 3 aromatic carbocycles. The number of urea groups is 1. The molecule has 100 heavy (non-hydrogen) atoms. The fourth-order valence-corrected chi connectivity index (χ4v) is 13.2. The lowest BCUT2D eigenvalue weighted by atomic mass is 10.0. The van der Waals surface area contributed by atoms with E-state index >= 15 is 9.59 Å². The molecule has 0 spiro atoms. The Labute approximate surface area is 586 Å². The molecule has 5 rings (SSSR count). The van der Waals surface area contributed by atoms with Crippen molar-refractivity contribution >= 4 is 115 Å². The third kappa shape index (κ3) is 28.2. The number of unbranched alkanes of at least 4 members (excludes halogenated alkanes) is 1. The maximum atomic E-state index is 15.2. The molecular formula is C63H96N22O13S2. The second-order valence-corrected chi connectivity index (χ2v) is 26.6. The van der Waals surface area contributed by atoms with Gasteiger partial charge in [-0.1, -0.05) is 76.2 Å². The number of fused-ring (bicyclic) bond motifs is 2. The number of carbonyl (C=O) groups is 11. The lowest BCUT2D eigenvalue weighted by Crippen LogP contribution is -2.61. The van der Waals surface area contributed by atoms with Crippen LogP contribution in [0.5, 0.6) is 5.75 Å². The standard InChI is InChI=1S/C63H96N22O13S2/c64-24-4-3-12-44-58(95)85-29-9-17-49(85)57(94)79-43(15-7-28-76-63(72)98)53(90)83-47(55(92)81-45(59(96)97)16-8-27-75-62(70)71)33-99-100-34-48(56(93)82-46(54(91)80-44)32-35-19-22-39(86)23-20-35)84-52(89)42(14-6-26-74-61(68)69)78-51(88)41(13-5-25-73-60(66)67)77-50(87)40(65)31-36-18-21-37-10-1-2-11-38(37)30-36/h1-2,10-11,18-23,30,40-49,86H,3-9,12-17,24-29,31-34,64-65H2,(H,77,87)(H,78,88)(H,79,94)(H,80,91)(H,81,92)(H,82,93)(H,83,90)(H,84,89)(H,96,97)(H4,66,67,73)(H4,68,69,74)(H4,70,71,75)(H3,72,76,98)/t40-,41-,42-,43-,44+,45-,46-,47-,48-,49-/m0/s1. The van der Waals surface area contributed by atoms with Crippen LogP contribution in [-0.4, -0.2) is 209 Å². The van der Waals surface area contributed by atoms with Gasteiger partial charge in [0.05, 0.1) is 6.04 Å². The molecule has 37 heteroatoms. The zero-order valence-electron chi connectivity index (χ0n) is 55.6. The van der Waals surface area contributed by atoms with Gasteiger partial charge in [0, 0.05) is 50.7 Å². The molecule has 548 valence electrons. The summed E-state index contributed by atoms with van der Waals surface area (Å²) >= 11 is 0. The molecule has 3 aromatic rings. The highest BCUT2D eigenvalue weighted by atomic mass is 33.1. The molecule has 2 fully saturated rings. The van der Waals surface area contributed by atoms with E-state index in [1.165, 1.54) is 29.2 Å².